The largest absolute Gasteiger partial charge is 0.366 e. The third-order valence-corrected chi connectivity index (χ3v) is 2.65. The standard InChI is InChI=1S/C12H10ClNO/c13-7-8-1-2-9-3-4-10(12(14)15)6-11(9)5-8/h1-6H,7H2,(H2,14,15). The minimum atomic E-state index is -0.409. The summed E-state index contributed by atoms with van der Waals surface area (Å²) in [6.07, 6.45) is 0. The smallest absolute Gasteiger partial charge is 0.248 e. The van der Waals surface area contributed by atoms with Crippen LogP contribution in [0.4, 0.5) is 0 Å². The van der Waals surface area contributed by atoms with Gasteiger partial charge >= 0.3 is 0 Å². The van der Waals surface area contributed by atoms with Crippen molar-refractivity contribution in [2.75, 3.05) is 0 Å². The van der Waals surface area contributed by atoms with Gasteiger partial charge in [-0.3, -0.25) is 4.79 Å². The number of benzene rings is 2. The molecule has 0 radical (unpaired) electrons. The fourth-order valence-electron chi connectivity index (χ4n) is 1.53. The topological polar surface area (TPSA) is 43.1 Å². The predicted molar refractivity (Wildman–Crippen MR) is 62.0 cm³/mol. The Morgan fingerprint density at radius 1 is 1.13 bits per heavy atom. The van der Waals surface area contributed by atoms with E-state index in [2.05, 4.69) is 0 Å². The van der Waals surface area contributed by atoms with E-state index < -0.39 is 5.91 Å². The van der Waals surface area contributed by atoms with Crippen LogP contribution in [0.1, 0.15) is 15.9 Å². The molecule has 0 heterocycles. The summed E-state index contributed by atoms with van der Waals surface area (Å²) in [6.45, 7) is 0. The summed E-state index contributed by atoms with van der Waals surface area (Å²) < 4.78 is 0. The lowest BCUT2D eigenvalue weighted by Gasteiger charge is -2.02. The fraction of sp³-hybridized carbons (Fsp3) is 0.0833. The van der Waals surface area contributed by atoms with Crippen molar-refractivity contribution in [2.24, 2.45) is 5.73 Å². The monoisotopic (exact) mass is 219 g/mol. The van der Waals surface area contributed by atoms with E-state index in [9.17, 15) is 4.79 Å². The maximum atomic E-state index is 11.0. The van der Waals surface area contributed by atoms with Crippen LogP contribution in [0.2, 0.25) is 0 Å². The Labute approximate surface area is 92.6 Å². The van der Waals surface area contributed by atoms with Crippen molar-refractivity contribution in [3.8, 4) is 0 Å². The highest BCUT2D eigenvalue weighted by atomic mass is 35.5. The van der Waals surface area contributed by atoms with Crippen molar-refractivity contribution in [2.45, 2.75) is 5.88 Å². The lowest BCUT2D eigenvalue weighted by atomic mass is 10.0. The maximum absolute atomic E-state index is 11.0. The van der Waals surface area contributed by atoms with Crippen molar-refractivity contribution in [1.29, 1.82) is 0 Å². The van der Waals surface area contributed by atoms with E-state index in [1.807, 2.05) is 24.3 Å². The number of carbonyl (C=O) groups is 1. The number of rotatable bonds is 2. The van der Waals surface area contributed by atoms with Crippen LogP contribution in [0, 0.1) is 0 Å². The van der Waals surface area contributed by atoms with E-state index in [-0.39, 0.29) is 0 Å². The molecule has 2 rings (SSSR count). The van der Waals surface area contributed by atoms with Gasteiger partial charge in [0.2, 0.25) is 5.91 Å². The van der Waals surface area contributed by atoms with E-state index in [0.717, 1.165) is 16.3 Å². The summed E-state index contributed by atoms with van der Waals surface area (Å²) in [6, 6.07) is 11.3. The number of amides is 1. The number of carbonyl (C=O) groups excluding carboxylic acids is 1. The average Bonchev–Trinajstić information content (AvgIpc) is 2.27. The second kappa shape index (κ2) is 3.91. The molecular weight excluding hydrogens is 210 g/mol. The van der Waals surface area contributed by atoms with Gasteiger partial charge in [0.15, 0.2) is 0 Å². The molecule has 3 heteroatoms. The quantitative estimate of drug-likeness (QED) is 0.776. The molecule has 2 N–H and O–H groups in total. The Morgan fingerprint density at radius 3 is 2.53 bits per heavy atom. The third kappa shape index (κ3) is 1.95. The Kier molecular flexibility index (Phi) is 2.60. The first-order valence-electron chi connectivity index (χ1n) is 4.59. The number of nitrogens with two attached hydrogens (primary N) is 1. The zero-order valence-corrected chi connectivity index (χ0v) is 8.79. The van der Waals surface area contributed by atoms with Gasteiger partial charge in [-0.15, -0.1) is 11.6 Å². The van der Waals surface area contributed by atoms with Crippen molar-refractivity contribution in [1.82, 2.24) is 0 Å². The minimum Gasteiger partial charge on any atom is -0.366 e. The molecule has 1 amide bonds. The molecule has 0 atom stereocenters. The Hall–Kier alpha value is -1.54. The first-order valence-corrected chi connectivity index (χ1v) is 5.12. The van der Waals surface area contributed by atoms with Gasteiger partial charge in [-0.2, -0.15) is 0 Å². The van der Waals surface area contributed by atoms with Crippen LogP contribution < -0.4 is 5.73 Å². The van der Waals surface area contributed by atoms with Crippen LogP contribution in [-0.2, 0) is 5.88 Å². The van der Waals surface area contributed by atoms with Crippen molar-refractivity contribution < 1.29 is 4.79 Å². The third-order valence-electron chi connectivity index (χ3n) is 2.34. The molecule has 0 aliphatic carbocycles. The molecule has 0 unspecified atom stereocenters. The van der Waals surface area contributed by atoms with Crippen LogP contribution in [-0.4, -0.2) is 5.91 Å². The van der Waals surface area contributed by atoms with Crippen molar-refractivity contribution in [3.63, 3.8) is 0 Å². The molecule has 2 aromatic carbocycles. The van der Waals surface area contributed by atoms with Gasteiger partial charge in [0, 0.05) is 11.4 Å². The highest BCUT2D eigenvalue weighted by Gasteiger charge is 2.02. The van der Waals surface area contributed by atoms with Gasteiger partial charge in [0.25, 0.3) is 0 Å². The van der Waals surface area contributed by atoms with Gasteiger partial charge < -0.3 is 5.73 Å². The zero-order chi connectivity index (χ0) is 10.8. The van der Waals surface area contributed by atoms with E-state index in [1.54, 1.807) is 12.1 Å². The number of primary amides is 1. The molecule has 2 nitrogen and oxygen atoms in total. The summed E-state index contributed by atoms with van der Waals surface area (Å²) in [4.78, 5) is 11.0. The van der Waals surface area contributed by atoms with Gasteiger partial charge in [-0.05, 0) is 34.5 Å². The van der Waals surface area contributed by atoms with E-state index in [1.165, 1.54) is 0 Å². The van der Waals surface area contributed by atoms with Crippen molar-refractivity contribution >= 4 is 28.3 Å². The van der Waals surface area contributed by atoms with Crippen LogP contribution in [0.15, 0.2) is 36.4 Å². The number of hydrogen-bond acceptors (Lipinski definition) is 1. The Morgan fingerprint density at radius 2 is 1.87 bits per heavy atom. The van der Waals surface area contributed by atoms with Crippen LogP contribution in [0.3, 0.4) is 0 Å². The molecule has 0 aliphatic rings. The first kappa shape index (κ1) is 9.99. The van der Waals surface area contributed by atoms with Gasteiger partial charge in [-0.1, -0.05) is 18.2 Å². The van der Waals surface area contributed by atoms with Crippen molar-refractivity contribution in [3.05, 3.63) is 47.5 Å². The highest BCUT2D eigenvalue weighted by Crippen LogP contribution is 2.18. The predicted octanol–water partition coefficient (Wildman–Crippen LogP) is 2.68. The first-order chi connectivity index (χ1) is 7.20. The van der Waals surface area contributed by atoms with E-state index in [0.29, 0.717) is 11.4 Å². The molecule has 0 saturated heterocycles. The number of halogens is 1. The Bertz CT molecular complexity index is 522. The van der Waals surface area contributed by atoms with E-state index in [4.69, 9.17) is 17.3 Å². The van der Waals surface area contributed by atoms with Crippen LogP contribution in [0.5, 0.6) is 0 Å². The molecule has 76 valence electrons. The van der Waals surface area contributed by atoms with Gasteiger partial charge in [-0.25, -0.2) is 0 Å². The molecule has 2 aromatic rings. The molecular formula is C12H10ClNO. The zero-order valence-electron chi connectivity index (χ0n) is 8.03. The lowest BCUT2D eigenvalue weighted by Crippen LogP contribution is -2.10. The SMILES string of the molecule is NC(=O)c1ccc2ccc(CCl)cc2c1. The maximum Gasteiger partial charge on any atom is 0.248 e. The summed E-state index contributed by atoms with van der Waals surface area (Å²) in [5.74, 6) is 0.0599. The minimum absolute atomic E-state index is 0.409. The molecule has 0 saturated carbocycles. The number of fused-ring (bicyclic) bond motifs is 1. The van der Waals surface area contributed by atoms with Crippen LogP contribution >= 0.6 is 11.6 Å². The summed E-state index contributed by atoms with van der Waals surface area (Å²) in [5, 5.41) is 2.07. The second-order valence-electron chi connectivity index (χ2n) is 3.39. The molecule has 15 heavy (non-hydrogen) atoms. The van der Waals surface area contributed by atoms with E-state index >= 15 is 0 Å². The summed E-state index contributed by atoms with van der Waals surface area (Å²) >= 11 is 5.74. The van der Waals surface area contributed by atoms with Gasteiger partial charge in [0.1, 0.15) is 0 Å². The lowest BCUT2D eigenvalue weighted by molar-refractivity contribution is 0.100. The number of alkyl halides is 1. The Balaban J connectivity index is 2.62. The van der Waals surface area contributed by atoms with Crippen LogP contribution in [0.25, 0.3) is 10.8 Å². The molecule has 0 spiro atoms. The fourth-order valence-corrected chi connectivity index (χ4v) is 1.70. The number of hydrogen-bond donors (Lipinski definition) is 1. The average molecular weight is 220 g/mol. The normalized spacial score (nSPS) is 10.5. The van der Waals surface area contributed by atoms with Gasteiger partial charge in [0.05, 0.1) is 0 Å². The summed E-state index contributed by atoms with van der Waals surface area (Å²) in [7, 11) is 0. The molecule has 0 fully saturated rings. The molecule has 0 aliphatic heterocycles. The molecule has 0 bridgehead atoms. The summed E-state index contributed by atoms with van der Waals surface area (Å²) in [5.41, 5.74) is 6.77. The highest BCUT2D eigenvalue weighted by molar-refractivity contribution is 6.17. The molecule has 0 aromatic heterocycles. The second-order valence-corrected chi connectivity index (χ2v) is 3.66.